The molecule has 0 aromatic rings. The molecule has 0 aromatic heterocycles. The zero-order valence-electron chi connectivity index (χ0n) is 11.5. The van der Waals surface area contributed by atoms with Gasteiger partial charge in [0.2, 0.25) is 5.91 Å². The van der Waals surface area contributed by atoms with Gasteiger partial charge in [-0.25, -0.2) is 9.69 Å². The van der Waals surface area contributed by atoms with Gasteiger partial charge in [-0.15, -0.1) is 0 Å². The molecule has 0 bridgehead atoms. The third-order valence-electron chi connectivity index (χ3n) is 4.61. The van der Waals surface area contributed by atoms with Crippen LogP contribution in [0.15, 0.2) is 0 Å². The quantitative estimate of drug-likeness (QED) is 0.774. The van der Waals surface area contributed by atoms with Gasteiger partial charge < -0.3 is 9.64 Å². The number of hydrogen-bond donors (Lipinski definition) is 0. The molecule has 2 aliphatic heterocycles. The molecule has 2 saturated heterocycles. The van der Waals surface area contributed by atoms with Gasteiger partial charge >= 0.3 is 6.09 Å². The molecule has 0 atom stereocenters. The van der Waals surface area contributed by atoms with Crippen LogP contribution in [0.1, 0.15) is 38.5 Å². The Morgan fingerprint density at radius 3 is 2.50 bits per heavy atom. The Labute approximate surface area is 118 Å². The van der Waals surface area contributed by atoms with E-state index in [0.29, 0.717) is 25.4 Å². The van der Waals surface area contributed by atoms with Gasteiger partial charge in [0.1, 0.15) is 0 Å². The van der Waals surface area contributed by atoms with Crippen molar-refractivity contribution in [1.29, 1.82) is 0 Å². The number of cyclic esters (lactones) is 1. The maximum atomic E-state index is 12.0. The van der Waals surface area contributed by atoms with Crippen molar-refractivity contribution in [3.63, 3.8) is 0 Å². The first-order valence-corrected chi connectivity index (χ1v) is 7.41. The van der Waals surface area contributed by atoms with Gasteiger partial charge in [-0.1, -0.05) is 25.7 Å². The van der Waals surface area contributed by atoms with E-state index in [1.165, 1.54) is 25.7 Å². The molecule has 6 nitrogen and oxygen atoms in total. The van der Waals surface area contributed by atoms with Gasteiger partial charge in [-0.2, -0.15) is 0 Å². The molecule has 0 unspecified atom stereocenters. The van der Waals surface area contributed by atoms with E-state index in [2.05, 4.69) is 4.74 Å². The summed E-state index contributed by atoms with van der Waals surface area (Å²) in [5.41, 5.74) is 0. The number of ether oxygens (including phenoxy) is 1. The Morgan fingerprint density at radius 1 is 1.20 bits per heavy atom. The second-order valence-corrected chi connectivity index (χ2v) is 5.96. The van der Waals surface area contributed by atoms with Crippen LogP contribution in [0, 0.1) is 5.92 Å². The molecular weight excluding hydrogens is 260 g/mol. The lowest BCUT2D eigenvalue weighted by Crippen LogP contribution is -2.62. The van der Waals surface area contributed by atoms with E-state index in [9.17, 15) is 14.4 Å². The molecule has 3 fully saturated rings. The van der Waals surface area contributed by atoms with Crippen LogP contribution >= 0.6 is 0 Å². The maximum Gasteiger partial charge on any atom is 0.417 e. The summed E-state index contributed by atoms with van der Waals surface area (Å²) in [6, 6.07) is -0.187. The van der Waals surface area contributed by atoms with Gasteiger partial charge in [-0.05, 0) is 12.3 Å². The predicted molar refractivity (Wildman–Crippen MR) is 69.8 cm³/mol. The SMILES string of the molecule is O=C(CCC1CCCC1)N1CC(N2C(=O)COC2=O)C1. The van der Waals surface area contributed by atoms with E-state index in [-0.39, 0.29) is 24.5 Å². The number of rotatable bonds is 4. The summed E-state index contributed by atoms with van der Waals surface area (Å²) in [5, 5.41) is 0. The lowest BCUT2D eigenvalue weighted by molar-refractivity contribution is -0.142. The van der Waals surface area contributed by atoms with E-state index in [1.807, 2.05) is 0 Å². The average Bonchev–Trinajstić information content (AvgIpc) is 2.99. The number of likely N-dealkylation sites (tertiary alicyclic amines) is 1. The standard InChI is InChI=1S/C14H20N2O4/c17-12(6-5-10-3-1-2-4-10)15-7-11(8-15)16-13(18)9-20-14(16)19/h10-11H,1-9H2. The number of amides is 3. The zero-order valence-corrected chi connectivity index (χ0v) is 11.5. The van der Waals surface area contributed by atoms with Crippen molar-refractivity contribution in [3.8, 4) is 0 Å². The molecule has 0 radical (unpaired) electrons. The number of carbonyl (C=O) groups is 3. The molecule has 0 aromatic carbocycles. The van der Waals surface area contributed by atoms with Crippen LogP contribution in [0.25, 0.3) is 0 Å². The molecule has 0 spiro atoms. The Bertz CT molecular complexity index is 409. The molecule has 0 N–H and O–H groups in total. The largest absolute Gasteiger partial charge is 0.439 e. The summed E-state index contributed by atoms with van der Waals surface area (Å²) in [7, 11) is 0. The van der Waals surface area contributed by atoms with Crippen molar-refractivity contribution in [3.05, 3.63) is 0 Å². The fourth-order valence-electron chi connectivity index (χ4n) is 3.32. The Balaban J connectivity index is 1.41. The van der Waals surface area contributed by atoms with Crippen LogP contribution in [0.3, 0.4) is 0 Å². The second-order valence-electron chi connectivity index (χ2n) is 5.96. The molecular formula is C14H20N2O4. The minimum absolute atomic E-state index is 0.146. The Hall–Kier alpha value is -1.59. The van der Waals surface area contributed by atoms with Gasteiger partial charge in [0.15, 0.2) is 6.61 Å². The van der Waals surface area contributed by atoms with E-state index in [0.717, 1.165) is 11.3 Å². The van der Waals surface area contributed by atoms with Crippen molar-refractivity contribution in [2.45, 2.75) is 44.6 Å². The molecule has 6 heteroatoms. The normalized spacial score (nSPS) is 24.2. The summed E-state index contributed by atoms with van der Waals surface area (Å²) in [4.78, 5) is 37.7. The highest BCUT2D eigenvalue weighted by molar-refractivity contribution is 5.98. The highest BCUT2D eigenvalue weighted by Crippen LogP contribution is 2.29. The van der Waals surface area contributed by atoms with E-state index < -0.39 is 6.09 Å². The summed E-state index contributed by atoms with van der Waals surface area (Å²) < 4.78 is 4.68. The van der Waals surface area contributed by atoms with E-state index in [4.69, 9.17) is 0 Å². The van der Waals surface area contributed by atoms with Crippen LogP contribution in [0.4, 0.5) is 4.79 Å². The van der Waals surface area contributed by atoms with Crippen molar-refractivity contribution in [2.24, 2.45) is 5.92 Å². The minimum Gasteiger partial charge on any atom is -0.439 e. The van der Waals surface area contributed by atoms with Crippen molar-refractivity contribution in [2.75, 3.05) is 19.7 Å². The van der Waals surface area contributed by atoms with Gasteiger partial charge in [0.25, 0.3) is 5.91 Å². The molecule has 3 amide bonds. The predicted octanol–water partition coefficient (Wildman–Crippen LogP) is 1.15. The third kappa shape index (κ3) is 2.51. The monoisotopic (exact) mass is 280 g/mol. The summed E-state index contributed by atoms with van der Waals surface area (Å²) in [6.07, 6.45) is 6.10. The highest BCUT2D eigenvalue weighted by atomic mass is 16.6. The fraction of sp³-hybridized carbons (Fsp3) is 0.786. The maximum absolute atomic E-state index is 12.0. The van der Waals surface area contributed by atoms with Gasteiger partial charge in [0, 0.05) is 19.5 Å². The number of nitrogens with zero attached hydrogens (tertiary/aromatic N) is 2. The van der Waals surface area contributed by atoms with Crippen molar-refractivity contribution < 1.29 is 19.1 Å². The molecule has 110 valence electrons. The average molecular weight is 280 g/mol. The lowest BCUT2D eigenvalue weighted by atomic mass is 10.00. The summed E-state index contributed by atoms with van der Waals surface area (Å²) >= 11 is 0. The second kappa shape index (κ2) is 5.42. The number of carbonyl (C=O) groups excluding carboxylic acids is 3. The van der Waals surface area contributed by atoms with Crippen LogP contribution in [-0.4, -0.2) is 53.4 Å². The molecule has 3 aliphatic rings. The third-order valence-corrected chi connectivity index (χ3v) is 4.61. The molecule has 20 heavy (non-hydrogen) atoms. The van der Waals surface area contributed by atoms with E-state index >= 15 is 0 Å². The van der Waals surface area contributed by atoms with Crippen LogP contribution in [0.2, 0.25) is 0 Å². The molecule has 3 rings (SSSR count). The first-order chi connectivity index (χ1) is 9.65. The minimum atomic E-state index is -0.571. The molecule has 2 heterocycles. The Kier molecular flexibility index (Phi) is 3.63. The Morgan fingerprint density at radius 2 is 1.90 bits per heavy atom. The first-order valence-electron chi connectivity index (χ1n) is 7.41. The molecule has 1 aliphatic carbocycles. The topological polar surface area (TPSA) is 66.9 Å². The van der Waals surface area contributed by atoms with Gasteiger partial charge in [-0.3, -0.25) is 9.59 Å². The van der Waals surface area contributed by atoms with Gasteiger partial charge in [0.05, 0.1) is 6.04 Å². The fourth-order valence-corrected chi connectivity index (χ4v) is 3.32. The summed E-state index contributed by atoms with van der Waals surface area (Å²) in [5.74, 6) is 0.567. The molecule has 1 saturated carbocycles. The van der Waals surface area contributed by atoms with Crippen molar-refractivity contribution in [1.82, 2.24) is 9.80 Å². The number of imide groups is 1. The highest BCUT2D eigenvalue weighted by Gasteiger charge is 2.44. The van der Waals surface area contributed by atoms with E-state index in [1.54, 1.807) is 4.90 Å². The van der Waals surface area contributed by atoms with Crippen LogP contribution in [0.5, 0.6) is 0 Å². The van der Waals surface area contributed by atoms with Crippen LogP contribution in [-0.2, 0) is 14.3 Å². The van der Waals surface area contributed by atoms with Crippen LogP contribution < -0.4 is 0 Å². The lowest BCUT2D eigenvalue weighted by Gasteiger charge is -2.42. The number of hydrogen-bond acceptors (Lipinski definition) is 4. The first kappa shape index (κ1) is 13.4. The van der Waals surface area contributed by atoms with Crippen molar-refractivity contribution >= 4 is 17.9 Å². The zero-order chi connectivity index (χ0) is 14.1. The smallest absolute Gasteiger partial charge is 0.417 e. The summed E-state index contributed by atoms with van der Waals surface area (Å²) in [6.45, 7) is 0.764.